The number of rotatable bonds is 3. The first-order chi connectivity index (χ1) is 7.27. The lowest BCUT2D eigenvalue weighted by Gasteiger charge is -2.20. The van der Waals surface area contributed by atoms with Gasteiger partial charge >= 0.3 is 0 Å². The van der Waals surface area contributed by atoms with E-state index in [1.807, 2.05) is 11.4 Å². The Bertz CT molecular complexity index is 345. The first kappa shape index (κ1) is 11.6. The van der Waals surface area contributed by atoms with Gasteiger partial charge in [-0.2, -0.15) is 11.8 Å². The van der Waals surface area contributed by atoms with Crippen molar-refractivity contribution >= 4 is 44.8 Å². The highest BCUT2D eigenvalue weighted by molar-refractivity contribution is 9.11. The van der Waals surface area contributed by atoms with Crippen molar-refractivity contribution in [2.24, 2.45) is 0 Å². The zero-order valence-electron chi connectivity index (χ0n) is 8.07. The van der Waals surface area contributed by atoms with Gasteiger partial charge in [0, 0.05) is 17.9 Å². The van der Waals surface area contributed by atoms with E-state index in [0.29, 0.717) is 13.0 Å². The lowest BCUT2D eigenvalue weighted by atomic mass is 10.1. The van der Waals surface area contributed by atoms with Crippen LogP contribution in [0.5, 0.6) is 0 Å². The molecule has 0 N–H and O–H groups in total. The van der Waals surface area contributed by atoms with Crippen molar-refractivity contribution in [2.75, 3.05) is 18.1 Å². The predicted molar refractivity (Wildman–Crippen MR) is 67.8 cm³/mol. The third kappa shape index (κ3) is 3.06. The molecule has 0 aliphatic carbocycles. The van der Waals surface area contributed by atoms with E-state index in [2.05, 4.69) is 15.9 Å². The van der Waals surface area contributed by atoms with Gasteiger partial charge in [-0.1, -0.05) is 0 Å². The van der Waals surface area contributed by atoms with E-state index in [4.69, 9.17) is 4.74 Å². The number of halogens is 1. The second-order valence-electron chi connectivity index (χ2n) is 3.30. The molecule has 1 aromatic heterocycles. The predicted octanol–water partition coefficient (Wildman–Crippen LogP) is 2.75. The van der Waals surface area contributed by atoms with Gasteiger partial charge in [0.05, 0.1) is 10.4 Å². The normalized spacial score (nSPS) is 21.5. The zero-order valence-corrected chi connectivity index (χ0v) is 11.3. The molecule has 1 saturated heterocycles. The number of hydrogen-bond acceptors (Lipinski definition) is 4. The number of thioether (sulfide) groups is 1. The van der Waals surface area contributed by atoms with E-state index in [-0.39, 0.29) is 11.9 Å². The van der Waals surface area contributed by atoms with E-state index in [1.54, 1.807) is 23.1 Å². The SMILES string of the molecule is O=C(Cc1ccsc1Br)C1CSCCO1. The molecule has 1 aliphatic rings. The Morgan fingerprint density at radius 1 is 1.67 bits per heavy atom. The summed E-state index contributed by atoms with van der Waals surface area (Å²) in [7, 11) is 0. The molecule has 0 spiro atoms. The molecule has 1 aliphatic heterocycles. The third-order valence-electron chi connectivity index (χ3n) is 2.23. The van der Waals surface area contributed by atoms with E-state index >= 15 is 0 Å². The minimum Gasteiger partial charge on any atom is -0.369 e. The molecule has 82 valence electrons. The highest BCUT2D eigenvalue weighted by Gasteiger charge is 2.22. The molecule has 1 unspecified atom stereocenters. The van der Waals surface area contributed by atoms with E-state index in [0.717, 1.165) is 20.9 Å². The summed E-state index contributed by atoms with van der Waals surface area (Å²) in [5.74, 6) is 2.01. The standard InChI is InChI=1S/C10H11BrO2S2/c11-10-7(1-3-15-10)5-8(12)9-6-14-4-2-13-9/h1,3,9H,2,4-6H2. The van der Waals surface area contributed by atoms with E-state index < -0.39 is 0 Å². The molecule has 0 aromatic carbocycles. The van der Waals surface area contributed by atoms with Crippen molar-refractivity contribution in [3.8, 4) is 0 Å². The maximum absolute atomic E-state index is 11.9. The molecule has 0 saturated carbocycles. The fourth-order valence-electron chi connectivity index (χ4n) is 1.42. The van der Waals surface area contributed by atoms with Gasteiger partial charge < -0.3 is 4.74 Å². The minimum absolute atomic E-state index is 0.196. The average Bonchev–Trinajstić information content (AvgIpc) is 2.66. The Hall–Kier alpha value is 0.160. The number of carbonyl (C=O) groups is 1. The number of ketones is 1. The van der Waals surface area contributed by atoms with Gasteiger partial charge in [0.1, 0.15) is 6.10 Å². The van der Waals surface area contributed by atoms with Gasteiger partial charge in [-0.05, 0) is 32.9 Å². The van der Waals surface area contributed by atoms with Gasteiger partial charge in [0.15, 0.2) is 5.78 Å². The van der Waals surface area contributed by atoms with Gasteiger partial charge in [-0.3, -0.25) is 4.79 Å². The van der Waals surface area contributed by atoms with Crippen molar-refractivity contribution in [1.29, 1.82) is 0 Å². The molecule has 2 rings (SSSR count). The summed E-state index contributed by atoms with van der Waals surface area (Å²) in [4.78, 5) is 11.9. The summed E-state index contributed by atoms with van der Waals surface area (Å²) in [6, 6.07) is 1.99. The molecule has 15 heavy (non-hydrogen) atoms. The number of hydrogen-bond donors (Lipinski definition) is 0. The Morgan fingerprint density at radius 2 is 2.53 bits per heavy atom. The van der Waals surface area contributed by atoms with Crippen molar-refractivity contribution in [3.05, 3.63) is 20.8 Å². The summed E-state index contributed by atoms with van der Waals surface area (Å²) >= 11 is 6.84. The zero-order chi connectivity index (χ0) is 10.7. The number of ether oxygens (including phenoxy) is 1. The van der Waals surface area contributed by atoms with Crippen LogP contribution in [0.4, 0.5) is 0 Å². The number of thiophene rings is 1. The van der Waals surface area contributed by atoms with Crippen LogP contribution >= 0.6 is 39.0 Å². The van der Waals surface area contributed by atoms with Crippen LogP contribution in [0.15, 0.2) is 15.2 Å². The van der Waals surface area contributed by atoms with Crippen LogP contribution in [0, 0.1) is 0 Å². The quantitative estimate of drug-likeness (QED) is 0.859. The molecule has 2 heterocycles. The Morgan fingerprint density at radius 3 is 3.13 bits per heavy atom. The van der Waals surface area contributed by atoms with Gasteiger partial charge in [-0.25, -0.2) is 0 Å². The minimum atomic E-state index is -0.199. The summed E-state index contributed by atoms with van der Waals surface area (Å²) in [5, 5.41) is 1.99. The van der Waals surface area contributed by atoms with Gasteiger partial charge in [-0.15, -0.1) is 11.3 Å². The maximum Gasteiger partial charge on any atom is 0.166 e. The summed E-state index contributed by atoms with van der Waals surface area (Å²) in [6.07, 6.45) is 0.283. The largest absolute Gasteiger partial charge is 0.369 e. The van der Waals surface area contributed by atoms with E-state index in [1.165, 1.54) is 0 Å². The summed E-state index contributed by atoms with van der Waals surface area (Å²) in [6.45, 7) is 0.700. The number of Topliss-reactive ketones (excluding diaryl/α,β-unsaturated/α-hetero) is 1. The Balaban J connectivity index is 1.94. The Labute approximate surface area is 106 Å². The van der Waals surface area contributed by atoms with Crippen LogP contribution in [0.1, 0.15) is 5.56 Å². The molecule has 1 fully saturated rings. The average molecular weight is 307 g/mol. The lowest BCUT2D eigenvalue weighted by Crippen LogP contribution is -2.32. The van der Waals surface area contributed by atoms with Gasteiger partial charge in [0.25, 0.3) is 0 Å². The van der Waals surface area contributed by atoms with Crippen LogP contribution in [0.3, 0.4) is 0 Å². The summed E-state index contributed by atoms with van der Waals surface area (Å²) < 4.78 is 6.50. The smallest absolute Gasteiger partial charge is 0.166 e. The molecular formula is C10H11BrO2S2. The molecule has 0 radical (unpaired) electrons. The topological polar surface area (TPSA) is 26.3 Å². The molecule has 0 amide bonds. The van der Waals surface area contributed by atoms with Crippen LogP contribution in [0.2, 0.25) is 0 Å². The second kappa shape index (κ2) is 5.48. The van der Waals surface area contributed by atoms with Gasteiger partial charge in [0.2, 0.25) is 0 Å². The lowest BCUT2D eigenvalue weighted by molar-refractivity contribution is -0.128. The van der Waals surface area contributed by atoms with Crippen LogP contribution in [-0.4, -0.2) is 30.0 Å². The van der Waals surface area contributed by atoms with Crippen LogP contribution < -0.4 is 0 Å². The van der Waals surface area contributed by atoms with Crippen LogP contribution in [-0.2, 0) is 16.0 Å². The molecule has 0 bridgehead atoms. The van der Waals surface area contributed by atoms with Crippen molar-refractivity contribution in [1.82, 2.24) is 0 Å². The number of carbonyl (C=O) groups excluding carboxylic acids is 1. The highest BCUT2D eigenvalue weighted by Crippen LogP contribution is 2.25. The maximum atomic E-state index is 11.9. The monoisotopic (exact) mass is 306 g/mol. The molecule has 5 heteroatoms. The van der Waals surface area contributed by atoms with Crippen LogP contribution in [0.25, 0.3) is 0 Å². The molecule has 1 atom stereocenters. The third-order valence-corrected chi connectivity index (χ3v) is 5.04. The highest BCUT2D eigenvalue weighted by atomic mass is 79.9. The Kier molecular flexibility index (Phi) is 4.25. The first-order valence-electron chi connectivity index (χ1n) is 4.71. The van der Waals surface area contributed by atoms with Crippen molar-refractivity contribution in [3.63, 3.8) is 0 Å². The fraction of sp³-hybridized carbons (Fsp3) is 0.500. The van der Waals surface area contributed by atoms with Crippen molar-refractivity contribution < 1.29 is 9.53 Å². The molecule has 2 nitrogen and oxygen atoms in total. The fourth-order valence-corrected chi connectivity index (χ4v) is 3.54. The molecule has 1 aromatic rings. The molecular weight excluding hydrogens is 296 g/mol. The van der Waals surface area contributed by atoms with Crippen molar-refractivity contribution in [2.45, 2.75) is 12.5 Å². The summed E-state index contributed by atoms with van der Waals surface area (Å²) in [5.41, 5.74) is 1.07. The van der Waals surface area contributed by atoms with E-state index in [9.17, 15) is 4.79 Å². The second-order valence-corrected chi connectivity index (χ2v) is 6.68. The first-order valence-corrected chi connectivity index (χ1v) is 7.54.